The zero-order chi connectivity index (χ0) is 15.2. The molecule has 1 heterocycles. The van der Waals surface area contributed by atoms with Gasteiger partial charge < -0.3 is 10.1 Å². The van der Waals surface area contributed by atoms with Crippen molar-refractivity contribution in [2.45, 2.75) is 45.3 Å². The van der Waals surface area contributed by atoms with Crippen LogP contribution in [0.15, 0.2) is 24.3 Å². The number of likely N-dealkylation sites (N-methyl/N-ethyl adjacent to an activating group) is 1. The average molecular weight is 290 g/mol. The molecule has 2 atom stereocenters. The van der Waals surface area contributed by atoms with E-state index in [9.17, 15) is 0 Å². The van der Waals surface area contributed by atoms with Gasteiger partial charge >= 0.3 is 0 Å². The van der Waals surface area contributed by atoms with E-state index in [4.69, 9.17) is 4.74 Å². The second-order valence-corrected chi connectivity index (χ2v) is 6.30. The highest BCUT2D eigenvalue weighted by atomic mass is 16.5. The molecule has 3 nitrogen and oxygen atoms in total. The molecular formula is C18H30N2O. The van der Waals surface area contributed by atoms with E-state index in [-0.39, 0.29) is 12.1 Å². The van der Waals surface area contributed by atoms with Crippen LogP contribution < -0.4 is 5.32 Å². The van der Waals surface area contributed by atoms with Crippen LogP contribution in [0.4, 0.5) is 0 Å². The first-order valence-corrected chi connectivity index (χ1v) is 8.26. The Morgan fingerprint density at radius 3 is 2.48 bits per heavy atom. The molecule has 0 bridgehead atoms. The van der Waals surface area contributed by atoms with Crippen LogP contribution in [0, 0.1) is 0 Å². The first kappa shape index (κ1) is 16.5. The maximum Gasteiger partial charge on any atom is 0.0896 e. The fourth-order valence-corrected chi connectivity index (χ4v) is 3.11. The summed E-state index contributed by atoms with van der Waals surface area (Å²) in [5.74, 6) is 0.582. The quantitative estimate of drug-likeness (QED) is 0.871. The summed E-state index contributed by atoms with van der Waals surface area (Å²) in [5.41, 5.74) is 2.72. The van der Waals surface area contributed by atoms with Gasteiger partial charge in [-0.15, -0.1) is 0 Å². The maximum absolute atomic E-state index is 6.04. The monoisotopic (exact) mass is 290 g/mol. The first-order valence-electron chi connectivity index (χ1n) is 8.26. The van der Waals surface area contributed by atoms with Gasteiger partial charge in [0.25, 0.3) is 0 Å². The van der Waals surface area contributed by atoms with Gasteiger partial charge in [-0.05, 0) is 37.1 Å². The third-order valence-electron chi connectivity index (χ3n) is 4.36. The summed E-state index contributed by atoms with van der Waals surface area (Å²) < 4.78 is 6.04. The van der Waals surface area contributed by atoms with E-state index >= 15 is 0 Å². The summed E-state index contributed by atoms with van der Waals surface area (Å²) in [6.07, 6.45) is 1.44. The van der Waals surface area contributed by atoms with E-state index in [0.29, 0.717) is 5.92 Å². The van der Waals surface area contributed by atoms with Gasteiger partial charge in [0.15, 0.2) is 0 Å². The molecule has 118 valence electrons. The lowest BCUT2D eigenvalue weighted by atomic mass is 9.96. The molecule has 3 heteroatoms. The highest BCUT2D eigenvalue weighted by Crippen LogP contribution is 2.24. The molecule has 1 N–H and O–H groups in total. The molecule has 1 aromatic rings. The van der Waals surface area contributed by atoms with Crippen molar-refractivity contribution in [3.05, 3.63) is 35.4 Å². The van der Waals surface area contributed by atoms with E-state index in [1.807, 2.05) is 7.05 Å². The molecule has 0 radical (unpaired) electrons. The molecule has 0 aromatic heterocycles. The number of ether oxygens (including phenoxy) is 1. The molecule has 1 aliphatic rings. The topological polar surface area (TPSA) is 24.5 Å². The van der Waals surface area contributed by atoms with Gasteiger partial charge in [0.2, 0.25) is 0 Å². The number of morpholine rings is 1. The standard InChI is InChI=1S/C18H30N2O/c1-5-10-20-11-12-21-17(13-20)18(19-4)16-8-6-15(7-9-16)14(2)3/h6-9,14,17-19H,5,10-13H2,1-4H3. The third-order valence-corrected chi connectivity index (χ3v) is 4.36. The molecular weight excluding hydrogens is 260 g/mol. The van der Waals surface area contributed by atoms with Crippen LogP contribution in [0.5, 0.6) is 0 Å². The minimum Gasteiger partial charge on any atom is -0.374 e. The predicted octanol–water partition coefficient (Wildman–Crippen LogP) is 3.18. The molecule has 0 saturated carbocycles. The van der Waals surface area contributed by atoms with Gasteiger partial charge in [-0.3, -0.25) is 4.90 Å². The Balaban J connectivity index is 2.07. The zero-order valence-corrected chi connectivity index (χ0v) is 13.9. The summed E-state index contributed by atoms with van der Waals surface area (Å²) in [6.45, 7) is 10.8. The molecule has 2 unspecified atom stereocenters. The number of benzene rings is 1. The molecule has 0 amide bonds. The van der Waals surface area contributed by atoms with E-state index in [2.05, 4.69) is 55.3 Å². The average Bonchev–Trinajstić information content (AvgIpc) is 2.49. The van der Waals surface area contributed by atoms with Gasteiger partial charge in [-0.1, -0.05) is 45.0 Å². The SMILES string of the molecule is CCCN1CCOC(C(NC)c2ccc(C(C)C)cc2)C1. The Bertz CT molecular complexity index is 414. The Kier molecular flexibility index (Phi) is 6.22. The van der Waals surface area contributed by atoms with Gasteiger partial charge in [-0.25, -0.2) is 0 Å². The van der Waals surface area contributed by atoms with Gasteiger partial charge in [0.05, 0.1) is 18.8 Å². The van der Waals surface area contributed by atoms with E-state index in [1.165, 1.54) is 24.1 Å². The molecule has 0 spiro atoms. The number of nitrogens with one attached hydrogen (secondary N) is 1. The summed E-state index contributed by atoms with van der Waals surface area (Å²) in [4.78, 5) is 2.51. The normalized spacial score (nSPS) is 21.7. The highest BCUT2D eigenvalue weighted by Gasteiger charge is 2.28. The number of nitrogens with zero attached hydrogens (tertiary/aromatic N) is 1. The molecule has 0 aliphatic carbocycles. The Morgan fingerprint density at radius 2 is 1.90 bits per heavy atom. The predicted molar refractivity (Wildman–Crippen MR) is 88.8 cm³/mol. The lowest BCUT2D eigenvalue weighted by molar-refractivity contribution is -0.0459. The van der Waals surface area contributed by atoms with Gasteiger partial charge in [0, 0.05) is 13.1 Å². The number of rotatable bonds is 6. The molecule has 1 fully saturated rings. The van der Waals surface area contributed by atoms with Crippen LogP contribution in [0.1, 0.15) is 50.3 Å². The van der Waals surface area contributed by atoms with Crippen molar-refractivity contribution in [3.63, 3.8) is 0 Å². The fraction of sp³-hybridized carbons (Fsp3) is 0.667. The molecule has 1 saturated heterocycles. The van der Waals surface area contributed by atoms with Crippen LogP contribution in [0.2, 0.25) is 0 Å². The van der Waals surface area contributed by atoms with Crippen molar-refractivity contribution in [2.75, 3.05) is 33.3 Å². The Labute approximate surface area is 129 Å². The van der Waals surface area contributed by atoms with Crippen LogP contribution in [0.25, 0.3) is 0 Å². The zero-order valence-electron chi connectivity index (χ0n) is 13.9. The van der Waals surface area contributed by atoms with Gasteiger partial charge in [-0.2, -0.15) is 0 Å². The largest absolute Gasteiger partial charge is 0.374 e. The minimum absolute atomic E-state index is 0.236. The summed E-state index contributed by atoms with van der Waals surface area (Å²) in [7, 11) is 2.03. The summed E-state index contributed by atoms with van der Waals surface area (Å²) in [5, 5.41) is 3.45. The summed E-state index contributed by atoms with van der Waals surface area (Å²) in [6, 6.07) is 9.26. The maximum atomic E-state index is 6.04. The van der Waals surface area contributed by atoms with Crippen molar-refractivity contribution < 1.29 is 4.74 Å². The lowest BCUT2D eigenvalue weighted by Crippen LogP contribution is -2.47. The van der Waals surface area contributed by atoms with Crippen LogP contribution in [0.3, 0.4) is 0 Å². The van der Waals surface area contributed by atoms with Crippen LogP contribution in [-0.4, -0.2) is 44.3 Å². The van der Waals surface area contributed by atoms with Crippen molar-refractivity contribution in [2.24, 2.45) is 0 Å². The van der Waals surface area contributed by atoms with Crippen LogP contribution >= 0.6 is 0 Å². The third kappa shape index (κ3) is 4.29. The first-order chi connectivity index (χ1) is 10.2. The molecule has 1 aromatic carbocycles. The van der Waals surface area contributed by atoms with Crippen molar-refractivity contribution in [1.29, 1.82) is 0 Å². The van der Waals surface area contributed by atoms with E-state index in [0.717, 1.165) is 19.7 Å². The number of hydrogen-bond acceptors (Lipinski definition) is 3. The molecule has 2 rings (SSSR count). The summed E-state index contributed by atoms with van der Waals surface area (Å²) >= 11 is 0. The van der Waals surface area contributed by atoms with Crippen molar-refractivity contribution >= 4 is 0 Å². The molecule has 21 heavy (non-hydrogen) atoms. The fourth-order valence-electron chi connectivity index (χ4n) is 3.11. The van der Waals surface area contributed by atoms with E-state index in [1.54, 1.807) is 0 Å². The van der Waals surface area contributed by atoms with Crippen molar-refractivity contribution in [3.8, 4) is 0 Å². The van der Waals surface area contributed by atoms with E-state index < -0.39 is 0 Å². The van der Waals surface area contributed by atoms with Gasteiger partial charge in [0.1, 0.15) is 0 Å². The van der Waals surface area contributed by atoms with Crippen molar-refractivity contribution in [1.82, 2.24) is 10.2 Å². The second kappa shape index (κ2) is 7.92. The second-order valence-electron chi connectivity index (χ2n) is 6.30. The highest BCUT2D eigenvalue weighted by molar-refractivity contribution is 5.27. The smallest absolute Gasteiger partial charge is 0.0896 e. The Morgan fingerprint density at radius 1 is 1.24 bits per heavy atom. The number of hydrogen-bond donors (Lipinski definition) is 1. The molecule has 1 aliphatic heterocycles. The lowest BCUT2D eigenvalue weighted by Gasteiger charge is -2.37. The van der Waals surface area contributed by atoms with Crippen LogP contribution in [-0.2, 0) is 4.74 Å². The Hall–Kier alpha value is -0.900. The minimum atomic E-state index is 0.236.